The number of aromatic nitrogens is 3. The van der Waals surface area contributed by atoms with Crippen molar-refractivity contribution in [3.8, 4) is 11.4 Å². The summed E-state index contributed by atoms with van der Waals surface area (Å²) in [4.78, 5) is 39.4. The molecule has 0 saturated heterocycles. The number of esters is 1. The summed E-state index contributed by atoms with van der Waals surface area (Å²) in [6, 6.07) is 7.76. The molecular weight excluding hydrogens is 542 g/mol. The van der Waals surface area contributed by atoms with E-state index in [1.807, 2.05) is 35.8 Å². The number of rotatable bonds is 8. The molecule has 0 aliphatic heterocycles. The molecule has 2 amide bonds. The maximum Gasteiger partial charge on any atom is 0.341 e. The third-order valence-corrected chi connectivity index (χ3v) is 7.55. The summed E-state index contributed by atoms with van der Waals surface area (Å²) in [5, 5.41) is 12.2. The molecule has 1 N–H and O–H groups in total. The Morgan fingerprint density at radius 2 is 1.88 bits per heavy atom. The van der Waals surface area contributed by atoms with Gasteiger partial charge in [0.05, 0.1) is 23.3 Å². The fraction of sp³-hybridized carbons (Fsp3) is 0.318. The monoisotopic (exact) mass is 565 g/mol. The van der Waals surface area contributed by atoms with Crippen molar-refractivity contribution in [3.63, 3.8) is 0 Å². The maximum atomic E-state index is 12.8. The largest absolute Gasteiger partial charge is 0.465 e. The second-order valence-corrected chi connectivity index (χ2v) is 10.2. The van der Waals surface area contributed by atoms with Gasteiger partial charge in [0.25, 0.3) is 5.91 Å². The van der Waals surface area contributed by atoms with Crippen LogP contribution in [0.1, 0.15) is 32.5 Å². The number of nitrogens with one attached hydrogen (secondary N) is 1. The average molecular weight is 567 g/mol. The van der Waals surface area contributed by atoms with Gasteiger partial charge in [-0.1, -0.05) is 39.8 Å². The van der Waals surface area contributed by atoms with Crippen molar-refractivity contribution in [2.45, 2.75) is 25.5 Å². The van der Waals surface area contributed by atoms with Crippen LogP contribution in [0.5, 0.6) is 0 Å². The summed E-state index contributed by atoms with van der Waals surface area (Å²) in [6.45, 7) is 4.28. The van der Waals surface area contributed by atoms with Crippen LogP contribution in [0.4, 0.5) is 5.00 Å². The van der Waals surface area contributed by atoms with Gasteiger partial charge < -0.3 is 19.5 Å². The molecule has 0 atom stereocenters. The number of halogens is 1. The average Bonchev–Trinajstić information content (AvgIpc) is 3.37. The number of nitrogens with zero attached hydrogens (tertiary/aromatic N) is 4. The Hall–Kier alpha value is -2.70. The van der Waals surface area contributed by atoms with E-state index in [0.717, 1.165) is 21.4 Å². The molecule has 0 radical (unpaired) electrons. The molecule has 3 rings (SSSR count). The van der Waals surface area contributed by atoms with E-state index in [1.165, 1.54) is 23.8 Å². The van der Waals surface area contributed by atoms with Gasteiger partial charge in [-0.3, -0.25) is 9.59 Å². The van der Waals surface area contributed by atoms with Gasteiger partial charge in [-0.15, -0.1) is 21.5 Å². The third-order valence-electron chi connectivity index (χ3n) is 4.86. The highest BCUT2D eigenvalue weighted by Crippen LogP contribution is 2.34. The highest BCUT2D eigenvalue weighted by atomic mass is 79.9. The Kier molecular flexibility index (Phi) is 8.50. The number of hydrogen-bond donors (Lipinski definition) is 1. The molecule has 2 heterocycles. The van der Waals surface area contributed by atoms with Crippen LogP contribution in [0.25, 0.3) is 11.4 Å². The van der Waals surface area contributed by atoms with E-state index in [9.17, 15) is 14.4 Å². The van der Waals surface area contributed by atoms with Crippen LogP contribution >= 0.6 is 39.0 Å². The lowest BCUT2D eigenvalue weighted by atomic mass is 10.1. The first-order valence-corrected chi connectivity index (χ1v) is 12.8. The van der Waals surface area contributed by atoms with Gasteiger partial charge >= 0.3 is 5.97 Å². The molecule has 9 nitrogen and oxygen atoms in total. The fourth-order valence-corrected chi connectivity index (χ4v) is 5.44. The predicted molar refractivity (Wildman–Crippen MR) is 137 cm³/mol. The SMILES string of the molecule is CCn1c(SCC(=O)Nc2sc(C(=O)N(C)C)c(C)c2C(=O)OC)nnc1-c1ccc(Br)cc1. The zero-order valence-electron chi connectivity index (χ0n) is 19.3. The van der Waals surface area contributed by atoms with Crippen molar-refractivity contribution in [3.05, 3.63) is 44.7 Å². The van der Waals surface area contributed by atoms with E-state index in [1.54, 1.807) is 21.0 Å². The molecule has 34 heavy (non-hydrogen) atoms. The van der Waals surface area contributed by atoms with Crippen molar-refractivity contribution in [1.29, 1.82) is 0 Å². The number of thioether (sulfide) groups is 1. The molecular formula is C22H24BrN5O4S2. The van der Waals surface area contributed by atoms with E-state index in [4.69, 9.17) is 4.74 Å². The zero-order valence-corrected chi connectivity index (χ0v) is 22.6. The molecule has 12 heteroatoms. The second-order valence-electron chi connectivity index (χ2n) is 7.35. The van der Waals surface area contributed by atoms with Crippen LogP contribution in [-0.2, 0) is 16.1 Å². The van der Waals surface area contributed by atoms with Gasteiger partial charge in [0.2, 0.25) is 5.91 Å². The molecule has 0 saturated carbocycles. The number of ether oxygens (including phenoxy) is 1. The fourth-order valence-electron chi connectivity index (χ4n) is 3.14. The van der Waals surface area contributed by atoms with Crippen molar-refractivity contribution in [2.24, 2.45) is 0 Å². The lowest BCUT2D eigenvalue weighted by Gasteiger charge is -2.08. The van der Waals surface area contributed by atoms with Crippen LogP contribution in [0.2, 0.25) is 0 Å². The minimum absolute atomic E-state index is 0.0486. The quantitative estimate of drug-likeness (QED) is 0.320. The highest BCUT2D eigenvalue weighted by molar-refractivity contribution is 9.10. The van der Waals surface area contributed by atoms with E-state index in [0.29, 0.717) is 28.0 Å². The summed E-state index contributed by atoms with van der Waals surface area (Å²) in [5.41, 5.74) is 1.58. The van der Waals surface area contributed by atoms with Gasteiger partial charge in [0.1, 0.15) is 5.00 Å². The Labute approximate surface area is 214 Å². The Balaban J connectivity index is 1.78. The first-order chi connectivity index (χ1) is 16.2. The zero-order chi connectivity index (χ0) is 25.0. The maximum absolute atomic E-state index is 12.8. The number of carbonyl (C=O) groups excluding carboxylic acids is 3. The minimum Gasteiger partial charge on any atom is -0.465 e. The lowest BCUT2D eigenvalue weighted by molar-refractivity contribution is -0.113. The third kappa shape index (κ3) is 5.50. The van der Waals surface area contributed by atoms with E-state index in [2.05, 4.69) is 31.4 Å². The molecule has 0 unspecified atom stereocenters. The van der Waals surface area contributed by atoms with Crippen LogP contribution in [0.15, 0.2) is 33.9 Å². The molecule has 1 aromatic carbocycles. The predicted octanol–water partition coefficient (Wildman–Crippen LogP) is 4.32. The normalized spacial score (nSPS) is 10.8. The number of carbonyl (C=O) groups is 3. The smallest absolute Gasteiger partial charge is 0.341 e. The molecule has 180 valence electrons. The van der Waals surface area contributed by atoms with Crippen molar-refractivity contribution >= 4 is 61.8 Å². The highest BCUT2D eigenvalue weighted by Gasteiger charge is 2.27. The van der Waals surface area contributed by atoms with Gasteiger partial charge in [-0.25, -0.2) is 4.79 Å². The molecule has 0 aliphatic rings. The van der Waals surface area contributed by atoms with E-state index in [-0.39, 0.29) is 28.1 Å². The topological polar surface area (TPSA) is 106 Å². The van der Waals surface area contributed by atoms with Crippen LogP contribution in [0.3, 0.4) is 0 Å². The molecule has 2 aromatic heterocycles. The number of amides is 2. The standard InChI is InChI=1S/C22H24BrN5O4S2/c1-6-28-18(13-7-9-14(23)10-8-13)25-26-22(28)33-11-15(29)24-19-16(21(31)32-5)12(2)17(34-19)20(30)27(3)4/h7-10H,6,11H2,1-5H3,(H,24,29). The van der Waals surface area contributed by atoms with Crippen LogP contribution in [0, 0.1) is 6.92 Å². The minimum atomic E-state index is -0.612. The first-order valence-electron chi connectivity index (χ1n) is 10.2. The Morgan fingerprint density at radius 1 is 1.21 bits per heavy atom. The lowest BCUT2D eigenvalue weighted by Crippen LogP contribution is -2.21. The van der Waals surface area contributed by atoms with Crippen molar-refractivity contribution in [2.75, 3.05) is 32.3 Å². The summed E-state index contributed by atoms with van der Waals surface area (Å²) in [5.74, 6) is -0.436. The Morgan fingerprint density at radius 3 is 2.47 bits per heavy atom. The molecule has 0 aliphatic carbocycles. The molecule has 3 aromatic rings. The molecule has 0 bridgehead atoms. The number of methoxy groups -OCH3 is 1. The number of thiophene rings is 1. The van der Waals surface area contributed by atoms with Gasteiger partial charge in [0, 0.05) is 30.7 Å². The van der Waals surface area contributed by atoms with Crippen LogP contribution < -0.4 is 5.32 Å². The van der Waals surface area contributed by atoms with Gasteiger partial charge in [-0.2, -0.15) is 0 Å². The summed E-state index contributed by atoms with van der Waals surface area (Å²) >= 11 is 5.72. The summed E-state index contributed by atoms with van der Waals surface area (Å²) in [6.07, 6.45) is 0. The van der Waals surface area contributed by atoms with Gasteiger partial charge in [-0.05, 0) is 31.5 Å². The van der Waals surface area contributed by atoms with Gasteiger partial charge in [0.15, 0.2) is 11.0 Å². The number of hydrogen-bond acceptors (Lipinski definition) is 8. The molecule has 0 spiro atoms. The number of anilines is 1. The summed E-state index contributed by atoms with van der Waals surface area (Å²) < 4.78 is 7.77. The van der Waals surface area contributed by atoms with Crippen LogP contribution in [-0.4, -0.2) is 64.4 Å². The Bertz CT molecular complexity index is 1220. The summed E-state index contributed by atoms with van der Waals surface area (Å²) in [7, 11) is 4.51. The first kappa shape index (κ1) is 25.9. The van der Waals surface area contributed by atoms with E-state index >= 15 is 0 Å². The number of benzene rings is 1. The second kappa shape index (κ2) is 11.2. The van der Waals surface area contributed by atoms with E-state index < -0.39 is 5.97 Å². The molecule has 0 fully saturated rings. The van der Waals surface area contributed by atoms with Crippen molar-refractivity contribution < 1.29 is 19.1 Å². The van der Waals surface area contributed by atoms with Crippen molar-refractivity contribution in [1.82, 2.24) is 19.7 Å².